The van der Waals surface area contributed by atoms with Gasteiger partial charge in [0.1, 0.15) is 5.75 Å². The van der Waals surface area contributed by atoms with Crippen molar-refractivity contribution in [1.29, 1.82) is 0 Å². The Hall–Kier alpha value is -1.60. The van der Waals surface area contributed by atoms with Crippen molar-refractivity contribution in [3.63, 3.8) is 0 Å². The van der Waals surface area contributed by atoms with Crippen LogP contribution in [0, 0.1) is 0 Å². The number of nitrogens with one attached hydrogen (secondary N) is 1. The fraction of sp³-hybridized carbons (Fsp3) is 0.696. The summed E-state index contributed by atoms with van der Waals surface area (Å²) in [6.07, 6.45) is 4.01. The van der Waals surface area contributed by atoms with E-state index in [4.69, 9.17) is 4.74 Å². The molecule has 0 radical (unpaired) electrons. The second kappa shape index (κ2) is 11.1. The van der Waals surface area contributed by atoms with Crippen LogP contribution < -0.4 is 9.46 Å². The molecule has 0 aromatic heterocycles. The summed E-state index contributed by atoms with van der Waals surface area (Å²) < 4.78 is 32.6. The molecule has 0 unspecified atom stereocenters. The van der Waals surface area contributed by atoms with Gasteiger partial charge in [-0.05, 0) is 48.8 Å². The zero-order valence-electron chi connectivity index (χ0n) is 18.9. The van der Waals surface area contributed by atoms with Crippen LogP contribution in [0.1, 0.15) is 71.8 Å². The van der Waals surface area contributed by atoms with E-state index in [0.717, 1.165) is 12.2 Å². The highest BCUT2D eigenvalue weighted by atomic mass is 32.2. The predicted molar refractivity (Wildman–Crippen MR) is 121 cm³/mol. The lowest BCUT2D eigenvalue weighted by molar-refractivity contribution is -0.132. The van der Waals surface area contributed by atoms with Gasteiger partial charge in [0.15, 0.2) is 0 Å². The molecular formula is C23H38N2O4S. The van der Waals surface area contributed by atoms with Crippen LogP contribution in [0.4, 0.5) is 0 Å². The summed E-state index contributed by atoms with van der Waals surface area (Å²) in [5.74, 6) is 1.13. The molecule has 7 heteroatoms. The van der Waals surface area contributed by atoms with Crippen molar-refractivity contribution in [3.05, 3.63) is 29.8 Å². The molecule has 6 nitrogen and oxygen atoms in total. The Labute approximate surface area is 182 Å². The Bertz CT molecular complexity index is 761. The molecule has 2 rings (SSSR count). The number of likely N-dealkylation sites (tertiary alicyclic amines) is 1. The largest absolute Gasteiger partial charge is 0.494 e. The monoisotopic (exact) mass is 438 g/mol. The fourth-order valence-electron chi connectivity index (χ4n) is 3.52. The first-order chi connectivity index (χ1) is 14.1. The van der Waals surface area contributed by atoms with E-state index >= 15 is 0 Å². The lowest BCUT2D eigenvalue weighted by Gasteiger charge is -2.32. The number of amides is 1. The zero-order chi connectivity index (χ0) is 22.2. The van der Waals surface area contributed by atoms with Gasteiger partial charge in [0, 0.05) is 25.6 Å². The number of hydrogen-bond donors (Lipinski definition) is 1. The molecule has 0 spiro atoms. The maximum atomic E-state index is 12.4. The van der Waals surface area contributed by atoms with Gasteiger partial charge in [0.05, 0.1) is 12.4 Å². The molecule has 1 aliphatic rings. The summed E-state index contributed by atoms with van der Waals surface area (Å²) >= 11 is 0. The fourth-order valence-corrected chi connectivity index (χ4v) is 5.05. The first-order valence-electron chi connectivity index (χ1n) is 11.1. The number of benzene rings is 1. The van der Waals surface area contributed by atoms with E-state index in [-0.39, 0.29) is 23.1 Å². The van der Waals surface area contributed by atoms with Gasteiger partial charge in [-0.3, -0.25) is 4.79 Å². The molecule has 170 valence electrons. The third kappa shape index (κ3) is 8.26. The van der Waals surface area contributed by atoms with Gasteiger partial charge in [0.2, 0.25) is 15.9 Å². The predicted octanol–water partition coefficient (Wildman–Crippen LogP) is 3.85. The van der Waals surface area contributed by atoms with Gasteiger partial charge < -0.3 is 9.64 Å². The molecule has 0 bridgehead atoms. The third-order valence-electron chi connectivity index (χ3n) is 5.48. The second-order valence-electron chi connectivity index (χ2n) is 9.17. The van der Waals surface area contributed by atoms with Crippen molar-refractivity contribution in [2.75, 3.05) is 25.4 Å². The molecule has 30 heavy (non-hydrogen) atoms. The number of carbonyl (C=O) groups excluding carboxylic acids is 1. The molecule has 1 heterocycles. The van der Waals surface area contributed by atoms with Crippen LogP contribution in [-0.4, -0.2) is 50.7 Å². The van der Waals surface area contributed by atoms with Gasteiger partial charge in [0.25, 0.3) is 0 Å². The van der Waals surface area contributed by atoms with E-state index in [1.165, 1.54) is 5.56 Å². The first-order valence-corrected chi connectivity index (χ1v) is 12.8. The number of nitrogens with zero attached hydrogens (tertiary/aromatic N) is 1. The van der Waals surface area contributed by atoms with Crippen LogP contribution in [-0.2, 0) is 20.2 Å². The standard InChI is InChI=1S/C23H38N2O4S/c1-5-6-18-30(27,28)24-20-13-15-25(16-14-20)22(26)8-7-17-29-21-11-9-19(10-12-21)23(2,3)4/h9-12,20,24H,5-8,13-18H2,1-4H3. The minimum absolute atomic E-state index is 0.0599. The summed E-state index contributed by atoms with van der Waals surface area (Å²) in [7, 11) is -3.21. The summed E-state index contributed by atoms with van der Waals surface area (Å²) in [6.45, 7) is 10.2. The van der Waals surface area contributed by atoms with Crippen LogP contribution in [0.5, 0.6) is 5.75 Å². The van der Waals surface area contributed by atoms with E-state index in [2.05, 4.69) is 37.6 Å². The number of rotatable bonds is 10. The zero-order valence-corrected chi connectivity index (χ0v) is 19.8. The lowest BCUT2D eigenvalue weighted by atomic mass is 9.87. The van der Waals surface area contributed by atoms with E-state index in [1.54, 1.807) is 0 Å². The van der Waals surface area contributed by atoms with E-state index < -0.39 is 10.0 Å². The van der Waals surface area contributed by atoms with Gasteiger partial charge in [-0.2, -0.15) is 0 Å². The van der Waals surface area contributed by atoms with Crippen molar-refractivity contribution in [2.45, 2.75) is 77.7 Å². The van der Waals surface area contributed by atoms with Crippen molar-refractivity contribution in [3.8, 4) is 5.75 Å². The van der Waals surface area contributed by atoms with Crippen LogP contribution >= 0.6 is 0 Å². The average Bonchev–Trinajstić information content (AvgIpc) is 2.69. The topological polar surface area (TPSA) is 75.7 Å². The molecule has 0 saturated carbocycles. The molecule has 1 N–H and O–H groups in total. The van der Waals surface area contributed by atoms with Gasteiger partial charge in [-0.25, -0.2) is 13.1 Å². The lowest BCUT2D eigenvalue weighted by Crippen LogP contribution is -2.47. The normalized spacial score (nSPS) is 15.9. The molecule has 1 amide bonds. The van der Waals surface area contributed by atoms with Gasteiger partial charge >= 0.3 is 0 Å². The van der Waals surface area contributed by atoms with Gasteiger partial charge in [-0.15, -0.1) is 0 Å². The molecular weight excluding hydrogens is 400 g/mol. The SMILES string of the molecule is CCCCS(=O)(=O)NC1CCN(C(=O)CCCOc2ccc(C(C)(C)C)cc2)CC1. The number of hydrogen-bond acceptors (Lipinski definition) is 4. The number of ether oxygens (including phenoxy) is 1. The number of sulfonamides is 1. The number of piperidine rings is 1. The van der Waals surface area contributed by atoms with Crippen molar-refractivity contribution in [1.82, 2.24) is 9.62 Å². The molecule has 1 fully saturated rings. The highest BCUT2D eigenvalue weighted by molar-refractivity contribution is 7.89. The van der Waals surface area contributed by atoms with Crippen LogP contribution in [0.15, 0.2) is 24.3 Å². The molecule has 1 aromatic carbocycles. The minimum Gasteiger partial charge on any atom is -0.494 e. The number of carbonyl (C=O) groups is 1. The number of unbranched alkanes of at least 4 members (excludes halogenated alkanes) is 1. The Morgan fingerprint density at radius 1 is 1.13 bits per heavy atom. The Kier molecular flexibility index (Phi) is 9.16. The molecule has 0 atom stereocenters. The molecule has 1 saturated heterocycles. The quantitative estimate of drug-likeness (QED) is 0.563. The van der Waals surface area contributed by atoms with Crippen LogP contribution in [0.3, 0.4) is 0 Å². The minimum atomic E-state index is -3.21. The third-order valence-corrected chi connectivity index (χ3v) is 7.00. The van der Waals surface area contributed by atoms with Crippen LogP contribution in [0.2, 0.25) is 0 Å². The maximum absolute atomic E-state index is 12.4. The highest BCUT2D eigenvalue weighted by Gasteiger charge is 2.25. The Morgan fingerprint density at radius 2 is 1.77 bits per heavy atom. The van der Waals surface area contributed by atoms with Crippen molar-refractivity contribution >= 4 is 15.9 Å². The summed E-state index contributed by atoms with van der Waals surface area (Å²) in [5.41, 5.74) is 1.38. The summed E-state index contributed by atoms with van der Waals surface area (Å²) in [5, 5.41) is 0. The van der Waals surface area contributed by atoms with Crippen molar-refractivity contribution < 1.29 is 17.9 Å². The molecule has 1 aliphatic heterocycles. The smallest absolute Gasteiger partial charge is 0.222 e. The second-order valence-corrected chi connectivity index (χ2v) is 11.0. The Balaban J connectivity index is 1.65. The van der Waals surface area contributed by atoms with E-state index in [9.17, 15) is 13.2 Å². The highest BCUT2D eigenvalue weighted by Crippen LogP contribution is 2.24. The van der Waals surface area contributed by atoms with Crippen molar-refractivity contribution in [2.24, 2.45) is 0 Å². The van der Waals surface area contributed by atoms with E-state index in [1.807, 2.05) is 24.0 Å². The van der Waals surface area contributed by atoms with Gasteiger partial charge in [-0.1, -0.05) is 46.2 Å². The molecule has 0 aliphatic carbocycles. The first kappa shape index (κ1) is 24.7. The summed E-state index contributed by atoms with van der Waals surface area (Å²) in [6, 6.07) is 8.07. The Morgan fingerprint density at radius 3 is 2.33 bits per heavy atom. The maximum Gasteiger partial charge on any atom is 0.222 e. The van der Waals surface area contributed by atoms with Crippen LogP contribution in [0.25, 0.3) is 0 Å². The molecule has 1 aromatic rings. The van der Waals surface area contributed by atoms with E-state index in [0.29, 0.717) is 51.8 Å². The summed E-state index contributed by atoms with van der Waals surface area (Å²) in [4.78, 5) is 14.3. The average molecular weight is 439 g/mol.